The second kappa shape index (κ2) is 2.60. The van der Waals surface area contributed by atoms with Crippen LogP contribution in [-0.2, 0) is 4.74 Å². The molecule has 14 heavy (non-hydrogen) atoms. The fraction of sp³-hybridized carbons (Fsp3) is 0.538. The Balaban J connectivity index is 2.04. The van der Waals surface area contributed by atoms with Gasteiger partial charge in [0, 0.05) is 13.0 Å². The Bertz CT molecular complexity index is 328. The van der Waals surface area contributed by atoms with Gasteiger partial charge in [-0.3, -0.25) is 0 Å². The van der Waals surface area contributed by atoms with Gasteiger partial charge >= 0.3 is 0 Å². The van der Waals surface area contributed by atoms with Gasteiger partial charge in [-0.1, -0.05) is 30.4 Å². The third-order valence-corrected chi connectivity index (χ3v) is 4.32. The van der Waals surface area contributed by atoms with Crippen molar-refractivity contribution < 1.29 is 4.74 Å². The molecule has 3 rings (SSSR count). The van der Waals surface area contributed by atoms with E-state index in [1.807, 2.05) is 13.2 Å². The third-order valence-electron chi connectivity index (χ3n) is 4.32. The van der Waals surface area contributed by atoms with Gasteiger partial charge in [0.2, 0.25) is 0 Å². The second-order valence-electron chi connectivity index (χ2n) is 4.68. The van der Waals surface area contributed by atoms with Crippen molar-refractivity contribution in [3.63, 3.8) is 0 Å². The topological polar surface area (TPSA) is 9.23 Å². The Labute approximate surface area is 85.1 Å². The van der Waals surface area contributed by atoms with Crippen molar-refractivity contribution in [3.05, 3.63) is 37.0 Å². The predicted molar refractivity (Wildman–Crippen MR) is 56.8 cm³/mol. The normalized spacial score (nSPS) is 52.6. The van der Waals surface area contributed by atoms with Crippen molar-refractivity contribution in [2.45, 2.75) is 12.0 Å². The predicted octanol–water partition coefficient (Wildman–Crippen LogP) is 2.57. The van der Waals surface area contributed by atoms with E-state index in [1.54, 1.807) is 0 Å². The van der Waals surface area contributed by atoms with E-state index in [1.165, 1.54) is 0 Å². The molecule has 0 spiro atoms. The number of rotatable bonds is 2. The SMILES string of the molecule is C=C[C@@]1(OC)C[C@@H]2C=C[C@H]3C=C[C@H]1[C@@H]32. The molecule has 3 aliphatic rings. The van der Waals surface area contributed by atoms with E-state index in [0.717, 1.165) is 12.3 Å². The largest absolute Gasteiger partial charge is 0.374 e. The van der Waals surface area contributed by atoms with Gasteiger partial charge in [0.15, 0.2) is 0 Å². The van der Waals surface area contributed by atoms with Crippen LogP contribution in [0.25, 0.3) is 0 Å². The number of allylic oxidation sites excluding steroid dienone is 3. The number of hydrogen-bond donors (Lipinski definition) is 0. The quantitative estimate of drug-likeness (QED) is 0.605. The molecule has 0 N–H and O–H groups in total. The highest BCUT2D eigenvalue weighted by atomic mass is 16.5. The fourth-order valence-electron chi connectivity index (χ4n) is 3.61. The van der Waals surface area contributed by atoms with Gasteiger partial charge in [0.1, 0.15) is 0 Å². The van der Waals surface area contributed by atoms with Gasteiger partial charge in [-0.15, -0.1) is 6.58 Å². The fourth-order valence-corrected chi connectivity index (χ4v) is 3.61. The number of hydrogen-bond acceptors (Lipinski definition) is 1. The average Bonchev–Trinajstić information content (AvgIpc) is 2.85. The van der Waals surface area contributed by atoms with Crippen LogP contribution in [0.15, 0.2) is 37.0 Å². The van der Waals surface area contributed by atoms with Crippen LogP contribution in [0.5, 0.6) is 0 Å². The van der Waals surface area contributed by atoms with Crippen molar-refractivity contribution in [2.24, 2.45) is 23.7 Å². The zero-order valence-electron chi connectivity index (χ0n) is 8.52. The summed E-state index contributed by atoms with van der Waals surface area (Å²) in [5.41, 5.74) is -0.0919. The lowest BCUT2D eigenvalue weighted by Crippen LogP contribution is -2.33. The third kappa shape index (κ3) is 0.795. The van der Waals surface area contributed by atoms with Crippen LogP contribution < -0.4 is 0 Å². The van der Waals surface area contributed by atoms with Crippen LogP contribution in [0.4, 0.5) is 0 Å². The highest BCUT2D eigenvalue weighted by Crippen LogP contribution is 2.57. The summed E-state index contributed by atoms with van der Waals surface area (Å²) in [4.78, 5) is 0. The summed E-state index contributed by atoms with van der Waals surface area (Å²) in [7, 11) is 1.81. The zero-order chi connectivity index (χ0) is 9.76. The smallest absolute Gasteiger partial charge is 0.0927 e. The van der Waals surface area contributed by atoms with E-state index >= 15 is 0 Å². The lowest BCUT2D eigenvalue weighted by atomic mass is 9.85. The molecule has 3 aliphatic carbocycles. The second-order valence-corrected chi connectivity index (χ2v) is 4.68. The average molecular weight is 188 g/mol. The molecule has 1 nitrogen and oxygen atoms in total. The summed E-state index contributed by atoms with van der Waals surface area (Å²) in [6.45, 7) is 3.95. The highest BCUT2D eigenvalue weighted by Gasteiger charge is 2.55. The van der Waals surface area contributed by atoms with E-state index in [4.69, 9.17) is 4.74 Å². The molecule has 1 saturated carbocycles. The van der Waals surface area contributed by atoms with Crippen molar-refractivity contribution in [2.75, 3.05) is 7.11 Å². The van der Waals surface area contributed by atoms with Crippen LogP contribution in [0.2, 0.25) is 0 Å². The summed E-state index contributed by atoms with van der Waals surface area (Å²) in [6.07, 6.45) is 12.5. The molecule has 0 aromatic carbocycles. The van der Waals surface area contributed by atoms with Crippen LogP contribution in [0.3, 0.4) is 0 Å². The molecule has 1 fully saturated rings. The molecule has 0 unspecified atom stereocenters. The van der Waals surface area contributed by atoms with Crippen LogP contribution in [0, 0.1) is 23.7 Å². The van der Waals surface area contributed by atoms with Gasteiger partial charge < -0.3 is 4.74 Å². The molecular formula is C13H16O. The molecule has 0 radical (unpaired) electrons. The Morgan fingerprint density at radius 2 is 2.14 bits per heavy atom. The highest BCUT2D eigenvalue weighted by molar-refractivity contribution is 5.31. The Morgan fingerprint density at radius 3 is 2.86 bits per heavy atom. The minimum absolute atomic E-state index is 0.0919. The summed E-state index contributed by atoms with van der Waals surface area (Å²) in [6, 6.07) is 0. The Kier molecular flexibility index (Phi) is 1.58. The maximum absolute atomic E-state index is 5.71. The van der Waals surface area contributed by atoms with E-state index in [-0.39, 0.29) is 5.60 Å². The van der Waals surface area contributed by atoms with Gasteiger partial charge in [-0.05, 0) is 24.2 Å². The van der Waals surface area contributed by atoms with Gasteiger partial charge in [-0.25, -0.2) is 0 Å². The molecule has 0 heterocycles. The minimum Gasteiger partial charge on any atom is -0.374 e. The molecule has 5 atom stereocenters. The van der Waals surface area contributed by atoms with Crippen molar-refractivity contribution >= 4 is 0 Å². The first-order chi connectivity index (χ1) is 6.80. The first-order valence-corrected chi connectivity index (χ1v) is 5.36. The maximum Gasteiger partial charge on any atom is 0.0927 e. The van der Waals surface area contributed by atoms with E-state index in [0.29, 0.717) is 17.8 Å². The molecule has 1 heteroatoms. The van der Waals surface area contributed by atoms with Crippen LogP contribution in [-0.4, -0.2) is 12.7 Å². The van der Waals surface area contributed by atoms with Gasteiger partial charge in [0.25, 0.3) is 0 Å². The number of ether oxygens (including phenoxy) is 1. The van der Waals surface area contributed by atoms with E-state index < -0.39 is 0 Å². The summed E-state index contributed by atoms with van der Waals surface area (Å²) < 4.78 is 5.71. The minimum atomic E-state index is -0.0919. The molecule has 0 aromatic heterocycles. The summed E-state index contributed by atoms with van der Waals surface area (Å²) >= 11 is 0. The number of methoxy groups -OCH3 is 1. The summed E-state index contributed by atoms with van der Waals surface area (Å²) in [5, 5.41) is 0. The van der Waals surface area contributed by atoms with E-state index in [2.05, 4.69) is 30.9 Å². The van der Waals surface area contributed by atoms with E-state index in [9.17, 15) is 0 Å². The molecule has 0 bridgehead atoms. The van der Waals surface area contributed by atoms with Crippen molar-refractivity contribution in [1.82, 2.24) is 0 Å². The Hall–Kier alpha value is -0.820. The van der Waals surface area contributed by atoms with Crippen molar-refractivity contribution in [3.8, 4) is 0 Å². The van der Waals surface area contributed by atoms with Crippen LogP contribution in [0.1, 0.15) is 6.42 Å². The maximum atomic E-state index is 5.71. The zero-order valence-corrected chi connectivity index (χ0v) is 8.52. The monoisotopic (exact) mass is 188 g/mol. The Morgan fingerprint density at radius 1 is 1.36 bits per heavy atom. The molecule has 0 aliphatic heterocycles. The molecule has 0 saturated heterocycles. The van der Waals surface area contributed by atoms with Gasteiger partial charge in [0.05, 0.1) is 5.60 Å². The first kappa shape index (κ1) is 8.49. The molecule has 0 amide bonds. The molecule has 74 valence electrons. The van der Waals surface area contributed by atoms with Crippen molar-refractivity contribution in [1.29, 1.82) is 0 Å². The summed E-state index contributed by atoms with van der Waals surface area (Å²) in [5.74, 6) is 2.68. The lowest BCUT2D eigenvalue weighted by Gasteiger charge is -2.29. The lowest BCUT2D eigenvalue weighted by molar-refractivity contribution is 0.00881. The molecule has 0 aromatic rings. The first-order valence-electron chi connectivity index (χ1n) is 5.36. The molecular weight excluding hydrogens is 172 g/mol. The standard InChI is InChI=1S/C13H16O/c1-3-13(14-2)8-10-5-4-9-6-7-11(13)12(9)10/h3-7,9-12H,1,8H2,2H3/t9-,10-,11-,12-,13+/m0/s1. The van der Waals surface area contributed by atoms with Gasteiger partial charge in [-0.2, -0.15) is 0 Å². The van der Waals surface area contributed by atoms with Crippen LogP contribution >= 0.6 is 0 Å².